The van der Waals surface area contributed by atoms with E-state index < -0.39 is 5.97 Å². The molecule has 1 N–H and O–H groups in total. The summed E-state index contributed by atoms with van der Waals surface area (Å²) in [6.45, 7) is 4.97. The summed E-state index contributed by atoms with van der Waals surface area (Å²) >= 11 is 2.98. The Bertz CT molecular complexity index is 423. The van der Waals surface area contributed by atoms with Gasteiger partial charge in [-0.1, -0.05) is 11.8 Å². The van der Waals surface area contributed by atoms with Crippen molar-refractivity contribution in [2.75, 3.05) is 36.3 Å². The maximum Gasteiger partial charge on any atom is 0.313 e. The van der Waals surface area contributed by atoms with E-state index in [4.69, 9.17) is 5.11 Å². The number of thioether (sulfide) groups is 2. The highest BCUT2D eigenvalue weighted by Crippen LogP contribution is 2.25. The highest BCUT2D eigenvalue weighted by Gasteiger charge is 2.18. The minimum Gasteiger partial charge on any atom is -0.481 e. The Hall–Kier alpha value is -0.890. The van der Waals surface area contributed by atoms with Crippen molar-refractivity contribution in [3.63, 3.8) is 0 Å². The van der Waals surface area contributed by atoms with Crippen LogP contribution in [0, 0.1) is 0 Å². The van der Waals surface area contributed by atoms with Gasteiger partial charge in [0.05, 0.1) is 5.75 Å². The molecule has 108 valence electrons. The zero-order valence-corrected chi connectivity index (χ0v) is 13.3. The van der Waals surface area contributed by atoms with Gasteiger partial charge in [-0.3, -0.25) is 9.36 Å². The summed E-state index contributed by atoms with van der Waals surface area (Å²) in [6.07, 6.45) is 2.06. The van der Waals surface area contributed by atoms with E-state index in [-0.39, 0.29) is 11.8 Å². The van der Waals surface area contributed by atoms with E-state index in [1.807, 2.05) is 30.4 Å². The van der Waals surface area contributed by atoms with E-state index in [1.54, 1.807) is 11.8 Å². The molecule has 0 bridgehead atoms. The molecule has 6 nitrogen and oxygen atoms in total. The molecule has 0 spiro atoms. The van der Waals surface area contributed by atoms with Gasteiger partial charge in [0.1, 0.15) is 0 Å². The lowest BCUT2D eigenvalue weighted by atomic mass is 10.4. The van der Waals surface area contributed by atoms with Gasteiger partial charge in [0.25, 0.3) is 0 Å². The van der Waals surface area contributed by atoms with E-state index in [0.29, 0.717) is 5.16 Å². The first-order chi connectivity index (χ1) is 8.97. The number of nitrogens with zero attached hydrogens (tertiary/aromatic N) is 4. The van der Waals surface area contributed by atoms with Crippen LogP contribution in [0.1, 0.15) is 19.9 Å². The van der Waals surface area contributed by atoms with Crippen LogP contribution < -0.4 is 4.90 Å². The molecule has 1 heterocycles. The number of hydrogen-bond acceptors (Lipinski definition) is 6. The van der Waals surface area contributed by atoms with Crippen molar-refractivity contribution in [2.24, 2.45) is 0 Å². The number of anilines is 1. The van der Waals surface area contributed by atoms with Gasteiger partial charge in [0.2, 0.25) is 5.95 Å². The van der Waals surface area contributed by atoms with Gasteiger partial charge in [-0.05, 0) is 20.1 Å². The molecule has 0 aliphatic heterocycles. The highest BCUT2D eigenvalue weighted by atomic mass is 32.2. The first kappa shape index (κ1) is 16.2. The topological polar surface area (TPSA) is 71.2 Å². The molecular formula is C11H20N4O2S2. The van der Waals surface area contributed by atoms with Gasteiger partial charge in [-0.25, -0.2) is 0 Å². The molecule has 0 radical (unpaired) electrons. The average molecular weight is 304 g/mol. The van der Waals surface area contributed by atoms with E-state index >= 15 is 0 Å². The summed E-state index contributed by atoms with van der Waals surface area (Å²) in [5.41, 5.74) is 0. The fourth-order valence-corrected chi connectivity index (χ4v) is 2.77. The van der Waals surface area contributed by atoms with E-state index in [2.05, 4.69) is 16.5 Å². The second-order valence-electron chi connectivity index (χ2n) is 4.34. The number of hydrogen-bond donors (Lipinski definition) is 1. The van der Waals surface area contributed by atoms with E-state index in [1.165, 1.54) is 11.8 Å². The monoisotopic (exact) mass is 304 g/mol. The summed E-state index contributed by atoms with van der Waals surface area (Å²) in [7, 11) is 1.98. The Kier molecular flexibility index (Phi) is 6.50. The molecule has 0 amide bonds. The molecule has 1 aromatic rings. The third kappa shape index (κ3) is 4.61. The predicted octanol–water partition coefficient (Wildman–Crippen LogP) is 1.83. The number of carboxylic acids is 1. The molecule has 8 heteroatoms. The van der Waals surface area contributed by atoms with Gasteiger partial charge in [-0.2, -0.15) is 11.8 Å². The van der Waals surface area contributed by atoms with Crippen LogP contribution in [0.3, 0.4) is 0 Å². The molecule has 1 rings (SSSR count). The summed E-state index contributed by atoms with van der Waals surface area (Å²) < 4.78 is 1.98. The summed E-state index contributed by atoms with van der Waals surface area (Å²) in [5.74, 6) is 0.954. The minimum atomic E-state index is -0.847. The van der Waals surface area contributed by atoms with Crippen LogP contribution >= 0.6 is 23.5 Å². The number of carboxylic acid groups (broad SMARTS) is 1. The van der Waals surface area contributed by atoms with Crippen LogP contribution in [0.5, 0.6) is 0 Å². The van der Waals surface area contributed by atoms with Crippen molar-refractivity contribution >= 4 is 35.4 Å². The zero-order chi connectivity index (χ0) is 14.4. The second-order valence-corrected chi connectivity index (χ2v) is 6.27. The van der Waals surface area contributed by atoms with Gasteiger partial charge >= 0.3 is 5.97 Å². The van der Waals surface area contributed by atoms with Crippen LogP contribution in [0.25, 0.3) is 0 Å². The van der Waals surface area contributed by atoms with Gasteiger partial charge in [0.15, 0.2) is 5.16 Å². The summed E-state index contributed by atoms with van der Waals surface area (Å²) in [5, 5.41) is 17.7. The maximum absolute atomic E-state index is 10.6. The lowest BCUT2D eigenvalue weighted by Gasteiger charge is -2.21. The number of rotatable bonds is 8. The molecule has 0 unspecified atom stereocenters. The summed E-state index contributed by atoms with van der Waals surface area (Å²) in [6, 6.07) is 0.193. The lowest BCUT2D eigenvalue weighted by molar-refractivity contribution is -0.133. The second kappa shape index (κ2) is 7.64. The molecule has 0 aromatic carbocycles. The van der Waals surface area contributed by atoms with Crippen molar-refractivity contribution in [2.45, 2.75) is 25.0 Å². The standard InChI is InChI=1S/C11H20N4O2S2/c1-8(2)15-10(14(3)5-6-18-4)12-13-11(15)19-7-9(16)17/h8H,5-7H2,1-4H3,(H,16,17). The van der Waals surface area contributed by atoms with Gasteiger partial charge in [0, 0.05) is 25.4 Å². The van der Waals surface area contributed by atoms with Crippen LogP contribution in [0.2, 0.25) is 0 Å². The average Bonchev–Trinajstić information content (AvgIpc) is 2.77. The van der Waals surface area contributed by atoms with Crippen molar-refractivity contribution in [1.29, 1.82) is 0 Å². The molecule has 0 saturated carbocycles. The molecule has 0 aliphatic carbocycles. The van der Waals surface area contributed by atoms with E-state index in [9.17, 15) is 4.79 Å². The Morgan fingerprint density at radius 1 is 1.47 bits per heavy atom. The smallest absolute Gasteiger partial charge is 0.313 e. The van der Waals surface area contributed by atoms with Crippen molar-refractivity contribution < 1.29 is 9.90 Å². The van der Waals surface area contributed by atoms with Crippen LogP contribution in [-0.4, -0.2) is 57.2 Å². The lowest BCUT2D eigenvalue weighted by Crippen LogP contribution is -2.24. The first-order valence-corrected chi connectivity index (χ1v) is 8.34. The minimum absolute atomic E-state index is 0.000616. The number of aliphatic carboxylic acids is 1. The van der Waals surface area contributed by atoms with Crippen LogP contribution in [-0.2, 0) is 4.79 Å². The van der Waals surface area contributed by atoms with Crippen molar-refractivity contribution in [1.82, 2.24) is 14.8 Å². The number of carbonyl (C=O) groups is 1. The molecule has 0 saturated heterocycles. The van der Waals surface area contributed by atoms with Gasteiger partial charge in [-0.15, -0.1) is 10.2 Å². The molecule has 0 fully saturated rings. The van der Waals surface area contributed by atoms with Crippen molar-refractivity contribution in [3.8, 4) is 0 Å². The largest absolute Gasteiger partial charge is 0.481 e. The normalized spacial score (nSPS) is 11.0. The zero-order valence-electron chi connectivity index (χ0n) is 11.7. The summed E-state index contributed by atoms with van der Waals surface area (Å²) in [4.78, 5) is 12.7. The Labute approximate surface area is 122 Å². The quantitative estimate of drug-likeness (QED) is 0.735. The Morgan fingerprint density at radius 2 is 2.16 bits per heavy atom. The van der Waals surface area contributed by atoms with Crippen molar-refractivity contribution in [3.05, 3.63) is 0 Å². The fourth-order valence-electron chi connectivity index (χ4n) is 1.53. The maximum atomic E-state index is 10.6. The molecular weight excluding hydrogens is 284 g/mol. The molecule has 0 aliphatic rings. The number of aromatic nitrogens is 3. The Balaban J connectivity index is 2.89. The predicted molar refractivity (Wildman–Crippen MR) is 80.4 cm³/mol. The molecule has 1 aromatic heterocycles. The third-order valence-corrected chi connectivity index (χ3v) is 3.98. The highest BCUT2D eigenvalue weighted by molar-refractivity contribution is 7.99. The van der Waals surface area contributed by atoms with Gasteiger partial charge < -0.3 is 10.0 Å². The van der Waals surface area contributed by atoms with Crippen LogP contribution in [0.4, 0.5) is 5.95 Å². The molecule has 0 atom stereocenters. The Morgan fingerprint density at radius 3 is 2.68 bits per heavy atom. The first-order valence-electron chi connectivity index (χ1n) is 5.97. The van der Waals surface area contributed by atoms with E-state index in [0.717, 1.165) is 18.2 Å². The SMILES string of the molecule is CSCCN(C)c1nnc(SCC(=O)O)n1C(C)C. The van der Waals surface area contributed by atoms with Crippen LogP contribution in [0.15, 0.2) is 5.16 Å². The third-order valence-electron chi connectivity index (χ3n) is 2.46. The molecule has 19 heavy (non-hydrogen) atoms. The fraction of sp³-hybridized carbons (Fsp3) is 0.727.